The largest absolute Gasteiger partial charge is 0.494 e. The van der Waals surface area contributed by atoms with Crippen molar-refractivity contribution < 1.29 is 23.8 Å². The van der Waals surface area contributed by atoms with Gasteiger partial charge in [0.05, 0.1) is 25.7 Å². The first-order valence-corrected chi connectivity index (χ1v) is 10.8. The smallest absolute Gasteiger partial charge is 0.306 e. The lowest BCUT2D eigenvalue weighted by atomic mass is 10.2. The van der Waals surface area contributed by atoms with Crippen LogP contribution >= 0.6 is 15.9 Å². The number of nitrogens with zero attached hydrogens (tertiary/aromatic N) is 2. The molecule has 0 saturated carbocycles. The highest BCUT2D eigenvalue weighted by atomic mass is 79.9. The molecule has 2 aromatic carbocycles. The third-order valence-electron chi connectivity index (χ3n) is 4.15. The monoisotopic (exact) mass is 488 g/mol. The average molecular weight is 489 g/mol. The summed E-state index contributed by atoms with van der Waals surface area (Å²) >= 11 is 3.37. The van der Waals surface area contributed by atoms with Crippen molar-refractivity contribution in [1.82, 2.24) is 0 Å². The number of amides is 1. The molecule has 0 saturated heterocycles. The van der Waals surface area contributed by atoms with E-state index in [1.807, 2.05) is 37.3 Å². The quantitative estimate of drug-likeness (QED) is 0.322. The molecular weight excluding hydrogens is 464 g/mol. The van der Waals surface area contributed by atoms with Crippen molar-refractivity contribution in [1.29, 1.82) is 5.26 Å². The molecule has 0 N–H and O–H groups in total. The number of halogens is 1. The van der Waals surface area contributed by atoms with Gasteiger partial charge in [0.25, 0.3) is 5.91 Å². The van der Waals surface area contributed by atoms with E-state index in [1.54, 1.807) is 24.3 Å². The minimum atomic E-state index is -0.474. The third-order valence-corrected chi connectivity index (χ3v) is 4.65. The summed E-state index contributed by atoms with van der Waals surface area (Å²) in [7, 11) is 0. The summed E-state index contributed by atoms with van der Waals surface area (Å²) in [5, 5.41) is 8.89. The number of rotatable bonds is 12. The first kappa shape index (κ1) is 24.2. The number of carbonyl (C=O) groups is 2. The van der Waals surface area contributed by atoms with Crippen LogP contribution in [0.4, 0.5) is 5.69 Å². The third kappa shape index (κ3) is 8.69. The standard InChI is InChI=1S/C23H25BrN2O5/c1-2-29-20-11-9-19(10-12-20)26(14-5-13-25)22(27)17-31-23(28)8-4-15-30-21-7-3-6-18(24)16-21/h3,6-7,9-12,16H,2,4-5,8,14-15,17H2,1H3. The van der Waals surface area contributed by atoms with Crippen LogP contribution in [0.15, 0.2) is 53.0 Å². The molecule has 164 valence electrons. The molecule has 0 fully saturated rings. The molecule has 0 atom stereocenters. The second-order valence-corrected chi connectivity index (χ2v) is 7.37. The van der Waals surface area contributed by atoms with Crippen molar-refractivity contribution in [2.24, 2.45) is 0 Å². The summed E-state index contributed by atoms with van der Waals surface area (Å²) in [6.07, 6.45) is 0.777. The van der Waals surface area contributed by atoms with Crippen molar-refractivity contribution in [2.75, 3.05) is 31.3 Å². The molecule has 0 aliphatic rings. The van der Waals surface area contributed by atoms with E-state index in [-0.39, 0.29) is 26.0 Å². The number of hydrogen-bond acceptors (Lipinski definition) is 6. The molecule has 2 aromatic rings. The molecule has 0 aliphatic heterocycles. The predicted molar refractivity (Wildman–Crippen MR) is 120 cm³/mol. The van der Waals surface area contributed by atoms with E-state index in [4.69, 9.17) is 19.5 Å². The van der Waals surface area contributed by atoms with Crippen LogP contribution in [0, 0.1) is 11.3 Å². The molecule has 0 unspecified atom stereocenters. The van der Waals surface area contributed by atoms with Gasteiger partial charge in [-0.3, -0.25) is 9.59 Å². The molecule has 2 rings (SSSR count). The number of hydrogen-bond donors (Lipinski definition) is 0. The van der Waals surface area contributed by atoms with E-state index in [0.29, 0.717) is 36.8 Å². The minimum absolute atomic E-state index is 0.141. The highest BCUT2D eigenvalue weighted by Gasteiger charge is 2.17. The van der Waals surface area contributed by atoms with Crippen molar-refractivity contribution in [3.8, 4) is 17.6 Å². The Balaban J connectivity index is 1.79. The molecule has 8 heteroatoms. The normalized spacial score (nSPS) is 10.1. The van der Waals surface area contributed by atoms with E-state index in [9.17, 15) is 9.59 Å². The lowest BCUT2D eigenvalue weighted by Crippen LogP contribution is -2.35. The van der Waals surface area contributed by atoms with Gasteiger partial charge in [-0.2, -0.15) is 5.26 Å². The van der Waals surface area contributed by atoms with Crippen molar-refractivity contribution in [2.45, 2.75) is 26.2 Å². The molecule has 0 aromatic heterocycles. The molecule has 7 nitrogen and oxygen atoms in total. The zero-order valence-electron chi connectivity index (χ0n) is 17.4. The van der Waals surface area contributed by atoms with E-state index in [1.165, 1.54) is 4.90 Å². The Labute approximate surface area is 190 Å². The number of carbonyl (C=O) groups excluding carboxylic acids is 2. The summed E-state index contributed by atoms with van der Waals surface area (Å²) in [4.78, 5) is 26.0. The van der Waals surface area contributed by atoms with Gasteiger partial charge in [-0.05, 0) is 55.8 Å². The van der Waals surface area contributed by atoms with Gasteiger partial charge in [-0.25, -0.2) is 0 Å². The Hall–Kier alpha value is -3.05. The number of nitriles is 1. The summed E-state index contributed by atoms with van der Waals surface area (Å²) in [5.41, 5.74) is 0.613. The molecule has 0 bridgehead atoms. The molecule has 0 spiro atoms. The van der Waals surface area contributed by atoms with Gasteiger partial charge in [0, 0.05) is 23.1 Å². The van der Waals surface area contributed by atoms with Crippen molar-refractivity contribution >= 4 is 33.5 Å². The maximum absolute atomic E-state index is 12.6. The number of esters is 1. The highest BCUT2D eigenvalue weighted by molar-refractivity contribution is 9.10. The minimum Gasteiger partial charge on any atom is -0.494 e. The SMILES string of the molecule is CCOc1ccc(N(CCC#N)C(=O)COC(=O)CCCOc2cccc(Br)c2)cc1. The molecule has 0 heterocycles. The molecule has 31 heavy (non-hydrogen) atoms. The second kappa shape index (κ2) is 13.3. The highest BCUT2D eigenvalue weighted by Crippen LogP contribution is 2.20. The van der Waals surface area contributed by atoms with Crippen LogP contribution < -0.4 is 14.4 Å². The number of benzene rings is 2. The van der Waals surface area contributed by atoms with Gasteiger partial charge in [-0.1, -0.05) is 22.0 Å². The van der Waals surface area contributed by atoms with E-state index in [0.717, 1.165) is 4.47 Å². The Morgan fingerprint density at radius 2 is 1.87 bits per heavy atom. The fourth-order valence-electron chi connectivity index (χ4n) is 2.70. The second-order valence-electron chi connectivity index (χ2n) is 6.45. The van der Waals surface area contributed by atoms with Crippen molar-refractivity contribution in [3.63, 3.8) is 0 Å². The van der Waals surface area contributed by atoms with Crippen molar-refractivity contribution in [3.05, 3.63) is 53.0 Å². The molecule has 0 aliphatic carbocycles. The van der Waals surface area contributed by atoms with Crippen LogP contribution in [-0.2, 0) is 14.3 Å². The van der Waals surface area contributed by atoms with Gasteiger partial charge < -0.3 is 19.1 Å². The fourth-order valence-corrected chi connectivity index (χ4v) is 3.08. The predicted octanol–water partition coefficient (Wildman–Crippen LogP) is 4.50. The van der Waals surface area contributed by atoms with Gasteiger partial charge in [0.15, 0.2) is 6.61 Å². The first-order chi connectivity index (χ1) is 15.0. The van der Waals surface area contributed by atoms with Crippen LogP contribution in [0.3, 0.4) is 0 Å². The van der Waals surface area contributed by atoms with Crippen LogP contribution in [0.2, 0.25) is 0 Å². The van der Waals surface area contributed by atoms with Crippen LogP contribution in [0.25, 0.3) is 0 Å². The van der Waals surface area contributed by atoms with Gasteiger partial charge in [0.1, 0.15) is 11.5 Å². The Bertz CT molecular complexity index is 896. The Morgan fingerprint density at radius 3 is 2.55 bits per heavy atom. The first-order valence-electron chi connectivity index (χ1n) is 9.97. The zero-order valence-corrected chi connectivity index (χ0v) is 19.0. The van der Waals surface area contributed by atoms with E-state index in [2.05, 4.69) is 15.9 Å². The zero-order chi connectivity index (χ0) is 22.5. The molecular formula is C23H25BrN2O5. The van der Waals surface area contributed by atoms with Gasteiger partial charge in [0.2, 0.25) is 0 Å². The summed E-state index contributed by atoms with van der Waals surface area (Å²) in [5.74, 6) is 0.535. The van der Waals surface area contributed by atoms with E-state index >= 15 is 0 Å². The molecule has 1 amide bonds. The maximum atomic E-state index is 12.6. The fraction of sp³-hybridized carbons (Fsp3) is 0.348. The number of anilines is 1. The number of ether oxygens (including phenoxy) is 3. The Kier molecular flexibility index (Phi) is 10.4. The van der Waals surface area contributed by atoms with E-state index < -0.39 is 11.9 Å². The average Bonchev–Trinajstić information content (AvgIpc) is 2.77. The van der Waals surface area contributed by atoms with Crippen LogP contribution in [0.5, 0.6) is 11.5 Å². The summed E-state index contributed by atoms with van der Waals surface area (Å²) in [6, 6.07) is 16.4. The van der Waals surface area contributed by atoms with Crippen LogP contribution in [-0.4, -0.2) is 38.2 Å². The van der Waals surface area contributed by atoms with Crippen LogP contribution in [0.1, 0.15) is 26.2 Å². The topological polar surface area (TPSA) is 88.9 Å². The van der Waals surface area contributed by atoms with Gasteiger partial charge >= 0.3 is 5.97 Å². The molecule has 0 radical (unpaired) electrons. The Morgan fingerprint density at radius 1 is 1.10 bits per heavy atom. The van der Waals surface area contributed by atoms with Gasteiger partial charge in [-0.15, -0.1) is 0 Å². The summed E-state index contributed by atoms with van der Waals surface area (Å²) < 4.78 is 17.0. The summed E-state index contributed by atoms with van der Waals surface area (Å²) in [6.45, 7) is 2.61. The lowest BCUT2D eigenvalue weighted by Gasteiger charge is -2.22. The maximum Gasteiger partial charge on any atom is 0.306 e. The lowest BCUT2D eigenvalue weighted by molar-refractivity contribution is -0.148.